The summed E-state index contributed by atoms with van der Waals surface area (Å²) in [4.78, 5) is 20.3. The van der Waals surface area contributed by atoms with Crippen LogP contribution in [0.3, 0.4) is 0 Å². The lowest BCUT2D eigenvalue weighted by Gasteiger charge is -2.32. The van der Waals surface area contributed by atoms with Crippen LogP contribution in [0.5, 0.6) is 0 Å². The van der Waals surface area contributed by atoms with Crippen LogP contribution < -0.4 is 0 Å². The molecule has 4 rings (SSSR count). The van der Waals surface area contributed by atoms with Gasteiger partial charge in [0.05, 0.1) is 23.3 Å². The molecule has 2 aliphatic rings. The van der Waals surface area contributed by atoms with E-state index < -0.39 is 0 Å². The molecule has 2 aromatic rings. The number of ether oxygens (including phenoxy) is 1. The van der Waals surface area contributed by atoms with Crippen LogP contribution in [-0.2, 0) is 24.2 Å². The summed E-state index contributed by atoms with van der Waals surface area (Å²) >= 11 is 1.64. The molecule has 1 atom stereocenters. The second-order valence-corrected chi connectivity index (χ2v) is 7.80. The second-order valence-electron chi connectivity index (χ2n) is 6.92. The minimum absolute atomic E-state index is 0.107. The predicted molar refractivity (Wildman–Crippen MR) is 98.9 cm³/mol. The van der Waals surface area contributed by atoms with Gasteiger partial charge in [-0.15, -0.1) is 11.3 Å². The van der Waals surface area contributed by atoms with Crippen LogP contribution in [0.25, 0.3) is 0 Å². The van der Waals surface area contributed by atoms with Gasteiger partial charge in [0.1, 0.15) is 0 Å². The Hall–Kier alpha value is -1.72. The van der Waals surface area contributed by atoms with Gasteiger partial charge >= 0.3 is 0 Å². The standard InChI is InChI=1S/C20H24N2O2S/c23-20(19-18-9-2-1-6-15(18)14-25-19)22-11-5-8-17(12-22)24-13-16-7-3-4-10-21-16/h3-4,7,10,14,17H,1-2,5-6,8-9,11-13H2/t17-/m1/s1. The Bertz CT molecular complexity index is 729. The molecule has 1 aliphatic carbocycles. The van der Waals surface area contributed by atoms with Crippen molar-refractivity contribution < 1.29 is 9.53 Å². The van der Waals surface area contributed by atoms with Crippen LogP contribution in [0.4, 0.5) is 0 Å². The van der Waals surface area contributed by atoms with Crippen LogP contribution >= 0.6 is 11.3 Å². The number of nitrogens with zero attached hydrogens (tertiary/aromatic N) is 2. The van der Waals surface area contributed by atoms with Gasteiger partial charge in [-0.3, -0.25) is 9.78 Å². The molecular weight excluding hydrogens is 332 g/mol. The lowest BCUT2D eigenvalue weighted by atomic mass is 9.93. The number of carbonyl (C=O) groups is 1. The number of hydrogen-bond donors (Lipinski definition) is 0. The van der Waals surface area contributed by atoms with Crippen LogP contribution in [-0.4, -0.2) is 35.0 Å². The maximum absolute atomic E-state index is 13.0. The van der Waals surface area contributed by atoms with E-state index in [1.807, 2.05) is 23.1 Å². The lowest BCUT2D eigenvalue weighted by molar-refractivity contribution is -0.00775. The third-order valence-corrected chi connectivity index (χ3v) is 6.22. The summed E-state index contributed by atoms with van der Waals surface area (Å²) in [7, 11) is 0. The number of aromatic nitrogens is 1. The summed E-state index contributed by atoms with van der Waals surface area (Å²) in [6.45, 7) is 2.05. The number of thiophene rings is 1. The van der Waals surface area contributed by atoms with Crippen molar-refractivity contribution in [2.45, 2.75) is 51.2 Å². The highest BCUT2D eigenvalue weighted by Gasteiger charge is 2.28. The van der Waals surface area contributed by atoms with Crippen molar-refractivity contribution in [2.24, 2.45) is 0 Å². The van der Waals surface area contributed by atoms with Gasteiger partial charge in [0.2, 0.25) is 0 Å². The summed E-state index contributed by atoms with van der Waals surface area (Å²) < 4.78 is 6.03. The Morgan fingerprint density at radius 1 is 1.28 bits per heavy atom. The van der Waals surface area contributed by atoms with E-state index in [1.165, 1.54) is 24.0 Å². The quantitative estimate of drug-likeness (QED) is 0.836. The highest BCUT2D eigenvalue weighted by atomic mass is 32.1. The van der Waals surface area contributed by atoms with Gasteiger partial charge in [0, 0.05) is 19.3 Å². The smallest absolute Gasteiger partial charge is 0.264 e. The highest BCUT2D eigenvalue weighted by Crippen LogP contribution is 2.31. The maximum atomic E-state index is 13.0. The Labute approximate surface area is 152 Å². The first-order valence-electron chi connectivity index (χ1n) is 9.21. The third-order valence-electron chi connectivity index (χ3n) is 5.16. The van der Waals surface area contributed by atoms with Crippen LogP contribution in [0.15, 0.2) is 29.8 Å². The van der Waals surface area contributed by atoms with E-state index in [1.54, 1.807) is 17.5 Å². The van der Waals surface area contributed by atoms with Crippen molar-refractivity contribution in [3.63, 3.8) is 0 Å². The highest BCUT2D eigenvalue weighted by molar-refractivity contribution is 7.12. The molecule has 3 heterocycles. The lowest BCUT2D eigenvalue weighted by Crippen LogP contribution is -2.43. The molecule has 0 bridgehead atoms. The Kier molecular flexibility index (Phi) is 5.13. The normalized spacial score (nSPS) is 20.3. The van der Waals surface area contributed by atoms with Gasteiger partial charge in [0.15, 0.2) is 0 Å². The first-order chi connectivity index (χ1) is 12.3. The van der Waals surface area contributed by atoms with Crippen LogP contribution in [0, 0.1) is 0 Å². The van der Waals surface area contributed by atoms with E-state index in [0.29, 0.717) is 13.2 Å². The maximum Gasteiger partial charge on any atom is 0.264 e. The molecule has 132 valence electrons. The van der Waals surface area contributed by atoms with Crippen LogP contribution in [0.1, 0.15) is 52.2 Å². The minimum atomic E-state index is 0.107. The third kappa shape index (κ3) is 3.77. The number of rotatable bonds is 4. The largest absolute Gasteiger partial charge is 0.370 e. The van der Waals surface area contributed by atoms with Gasteiger partial charge in [-0.1, -0.05) is 6.07 Å². The zero-order chi connectivity index (χ0) is 17.1. The summed E-state index contributed by atoms with van der Waals surface area (Å²) in [6, 6.07) is 5.86. The summed E-state index contributed by atoms with van der Waals surface area (Å²) in [5.74, 6) is 0.208. The molecule has 0 radical (unpaired) electrons. The van der Waals surface area contributed by atoms with Crippen molar-refractivity contribution in [2.75, 3.05) is 13.1 Å². The van der Waals surface area contributed by atoms with Crippen LogP contribution in [0.2, 0.25) is 0 Å². The van der Waals surface area contributed by atoms with E-state index in [2.05, 4.69) is 10.4 Å². The molecule has 5 heteroatoms. The van der Waals surface area contributed by atoms with Gasteiger partial charge in [-0.05, 0) is 67.2 Å². The molecule has 0 saturated carbocycles. The molecule has 1 aliphatic heterocycles. The second kappa shape index (κ2) is 7.67. The number of piperidine rings is 1. The molecule has 1 saturated heterocycles. The molecule has 2 aromatic heterocycles. The van der Waals surface area contributed by atoms with E-state index in [-0.39, 0.29) is 12.0 Å². The molecule has 4 nitrogen and oxygen atoms in total. The van der Waals surface area contributed by atoms with E-state index in [4.69, 9.17) is 4.74 Å². The molecule has 0 aromatic carbocycles. The van der Waals surface area contributed by atoms with Crippen molar-refractivity contribution in [3.05, 3.63) is 51.5 Å². The molecule has 25 heavy (non-hydrogen) atoms. The number of hydrogen-bond acceptors (Lipinski definition) is 4. The van der Waals surface area contributed by atoms with Crippen molar-refractivity contribution in [1.29, 1.82) is 0 Å². The Balaban J connectivity index is 1.39. The fourth-order valence-electron chi connectivity index (χ4n) is 3.79. The molecular formula is C20H24N2O2S. The number of fused-ring (bicyclic) bond motifs is 1. The van der Waals surface area contributed by atoms with Gasteiger partial charge in [-0.25, -0.2) is 0 Å². The molecule has 0 unspecified atom stereocenters. The summed E-state index contributed by atoms with van der Waals surface area (Å²) in [6.07, 6.45) is 8.57. The fraction of sp³-hybridized carbons (Fsp3) is 0.500. The molecule has 0 spiro atoms. The predicted octanol–water partition coefficient (Wildman–Crippen LogP) is 3.84. The van der Waals surface area contributed by atoms with E-state index in [9.17, 15) is 4.79 Å². The van der Waals surface area contributed by atoms with Crippen molar-refractivity contribution in [1.82, 2.24) is 9.88 Å². The average molecular weight is 356 g/mol. The number of likely N-dealkylation sites (tertiary alicyclic amines) is 1. The number of aryl methyl sites for hydroxylation is 1. The first kappa shape index (κ1) is 16.7. The Morgan fingerprint density at radius 2 is 2.20 bits per heavy atom. The molecule has 0 N–H and O–H groups in total. The molecule has 1 amide bonds. The van der Waals surface area contributed by atoms with Gasteiger partial charge in [-0.2, -0.15) is 0 Å². The monoisotopic (exact) mass is 356 g/mol. The van der Waals surface area contributed by atoms with Gasteiger partial charge in [0.25, 0.3) is 5.91 Å². The zero-order valence-electron chi connectivity index (χ0n) is 14.4. The topological polar surface area (TPSA) is 42.4 Å². The first-order valence-corrected chi connectivity index (χ1v) is 10.1. The summed E-state index contributed by atoms with van der Waals surface area (Å²) in [5, 5.41) is 2.20. The molecule has 1 fully saturated rings. The number of carbonyl (C=O) groups excluding carboxylic acids is 1. The van der Waals surface area contributed by atoms with E-state index >= 15 is 0 Å². The summed E-state index contributed by atoms with van der Waals surface area (Å²) in [5.41, 5.74) is 3.66. The zero-order valence-corrected chi connectivity index (χ0v) is 15.3. The number of amides is 1. The SMILES string of the molecule is O=C(c1scc2c1CCCC2)N1CCC[C@@H](OCc2ccccn2)C1. The van der Waals surface area contributed by atoms with Crippen molar-refractivity contribution in [3.8, 4) is 0 Å². The van der Waals surface area contributed by atoms with Crippen molar-refractivity contribution >= 4 is 17.2 Å². The number of pyridine rings is 1. The van der Waals surface area contributed by atoms with E-state index in [0.717, 1.165) is 42.8 Å². The average Bonchev–Trinajstić information content (AvgIpc) is 3.11. The Morgan fingerprint density at radius 3 is 3.08 bits per heavy atom. The fourth-order valence-corrected chi connectivity index (χ4v) is 4.91. The van der Waals surface area contributed by atoms with Gasteiger partial charge < -0.3 is 9.64 Å². The minimum Gasteiger partial charge on any atom is -0.370 e.